The largest absolute Gasteiger partial charge is 0.481 e. The fourth-order valence-corrected chi connectivity index (χ4v) is 7.45. The number of rotatable bonds is 8. The van der Waals surface area contributed by atoms with Crippen molar-refractivity contribution in [2.45, 2.75) is 87.9 Å². The number of nitrogens with zero attached hydrogens (tertiary/aromatic N) is 1. The van der Waals surface area contributed by atoms with Gasteiger partial charge in [0, 0.05) is 35.7 Å². The summed E-state index contributed by atoms with van der Waals surface area (Å²) in [7, 11) is 2.01. The van der Waals surface area contributed by atoms with Gasteiger partial charge in [0.1, 0.15) is 17.1 Å². The molecule has 6 rings (SSSR count). The molecule has 3 N–H and O–H groups in total. The SMILES string of the molecule is CN1CC[C@]23c4c5ccc(CO)c4O[C@H]2C(OC(=O)[C@H](OC(=O)CCNC(=O)OC(C)(C)C)c2ccccc2)=CC[C@@]3(O)[C@H]1C5. The van der Waals surface area contributed by atoms with Crippen molar-refractivity contribution in [3.63, 3.8) is 0 Å². The molecule has 2 aromatic rings. The zero-order valence-electron chi connectivity index (χ0n) is 26.0. The van der Waals surface area contributed by atoms with Crippen LogP contribution in [-0.2, 0) is 42.2 Å². The van der Waals surface area contributed by atoms with Gasteiger partial charge in [-0.25, -0.2) is 9.59 Å². The summed E-state index contributed by atoms with van der Waals surface area (Å²) in [6.45, 7) is 5.63. The zero-order chi connectivity index (χ0) is 32.1. The lowest BCUT2D eigenvalue weighted by Crippen LogP contribution is -2.74. The average Bonchev–Trinajstić information content (AvgIpc) is 3.34. The second-order valence-corrected chi connectivity index (χ2v) is 13.3. The standard InChI is InChI=1S/C34H40N2O9/c1-32(2,3)45-31(40)35-16-13-25(38)43-28(20-8-6-5-7-9-20)30(39)42-23-12-14-34(41)24-18-21-10-11-22(19-37)27-26(21)33(34,29(23)44-27)15-17-36(24)4/h5-12,24,28-29,37,41H,13-19H2,1-4H3,(H,35,40)/t24-,28-,29+,33+,34-/m1/s1. The van der Waals surface area contributed by atoms with Crippen molar-refractivity contribution in [3.8, 4) is 5.75 Å². The number of carbonyl (C=O) groups is 3. The molecule has 45 heavy (non-hydrogen) atoms. The second-order valence-electron chi connectivity index (χ2n) is 13.3. The van der Waals surface area contributed by atoms with Crippen LogP contribution in [0.4, 0.5) is 4.79 Å². The summed E-state index contributed by atoms with van der Waals surface area (Å²) in [5.41, 5.74) is 0.214. The van der Waals surface area contributed by atoms with E-state index in [0.717, 1.165) is 11.1 Å². The zero-order valence-corrected chi connectivity index (χ0v) is 26.0. The molecule has 0 aromatic heterocycles. The molecule has 2 bridgehead atoms. The summed E-state index contributed by atoms with van der Waals surface area (Å²) in [6.07, 6.45) is 0.0740. The quantitative estimate of drug-likeness (QED) is 0.297. The number of likely N-dealkylation sites (N-methyl/N-ethyl adjacent to an activating group) is 1. The molecule has 11 nitrogen and oxygen atoms in total. The number of aliphatic hydroxyl groups excluding tert-OH is 1. The van der Waals surface area contributed by atoms with E-state index in [0.29, 0.717) is 36.3 Å². The van der Waals surface area contributed by atoms with E-state index in [9.17, 15) is 24.6 Å². The molecular formula is C34H40N2O9. The van der Waals surface area contributed by atoms with Crippen LogP contribution in [0.5, 0.6) is 5.75 Å². The number of hydrogen-bond donors (Lipinski definition) is 3. The Morgan fingerprint density at radius 1 is 1.16 bits per heavy atom. The number of nitrogens with one attached hydrogen (secondary N) is 1. The molecule has 1 fully saturated rings. The predicted octanol–water partition coefficient (Wildman–Crippen LogP) is 3.20. The Hall–Kier alpha value is -3.93. The highest BCUT2D eigenvalue weighted by Crippen LogP contribution is 2.64. The van der Waals surface area contributed by atoms with E-state index >= 15 is 0 Å². The third-order valence-corrected chi connectivity index (χ3v) is 9.41. The lowest BCUT2D eigenvalue weighted by Gasteiger charge is -2.61. The molecule has 1 spiro atoms. The topological polar surface area (TPSA) is 144 Å². The van der Waals surface area contributed by atoms with E-state index < -0.39 is 46.9 Å². The van der Waals surface area contributed by atoms with Crippen molar-refractivity contribution in [2.75, 3.05) is 20.1 Å². The van der Waals surface area contributed by atoms with Crippen LogP contribution in [0.1, 0.15) is 68.4 Å². The third-order valence-electron chi connectivity index (χ3n) is 9.41. The van der Waals surface area contributed by atoms with Crippen molar-refractivity contribution in [3.05, 3.63) is 76.6 Å². The van der Waals surface area contributed by atoms with E-state index in [1.165, 1.54) is 0 Å². The third kappa shape index (κ3) is 5.26. The Kier molecular flexibility index (Phi) is 7.91. The van der Waals surface area contributed by atoms with Gasteiger partial charge in [0.05, 0.1) is 24.0 Å². The maximum absolute atomic E-state index is 13.8. The maximum Gasteiger partial charge on any atom is 0.407 e. The van der Waals surface area contributed by atoms with Gasteiger partial charge in [-0.15, -0.1) is 0 Å². The van der Waals surface area contributed by atoms with Gasteiger partial charge in [-0.2, -0.15) is 0 Å². The molecule has 5 atom stereocenters. The Morgan fingerprint density at radius 2 is 1.91 bits per heavy atom. The minimum atomic E-state index is -1.39. The number of ether oxygens (including phenoxy) is 4. The normalized spacial score (nSPS) is 26.9. The van der Waals surface area contributed by atoms with E-state index in [1.807, 2.05) is 19.2 Å². The van der Waals surface area contributed by atoms with Crippen LogP contribution in [0.15, 0.2) is 54.3 Å². The van der Waals surface area contributed by atoms with Crippen molar-refractivity contribution >= 4 is 18.0 Å². The van der Waals surface area contributed by atoms with Gasteiger partial charge >= 0.3 is 18.0 Å². The lowest BCUT2D eigenvalue weighted by molar-refractivity contribution is -0.176. The van der Waals surface area contributed by atoms with Gasteiger partial charge in [0.2, 0.25) is 6.10 Å². The molecule has 1 amide bonds. The molecule has 0 radical (unpaired) electrons. The number of esters is 2. The molecule has 2 aliphatic heterocycles. The molecule has 2 heterocycles. The van der Waals surface area contributed by atoms with Crippen LogP contribution in [0.2, 0.25) is 0 Å². The minimum absolute atomic E-state index is 0.0458. The number of benzene rings is 2. The van der Waals surface area contributed by atoms with E-state index in [-0.39, 0.29) is 37.8 Å². The summed E-state index contributed by atoms with van der Waals surface area (Å²) < 4.78 is 23.4. The minimum Gasteiger partial charge on any atom is -0.481 e. The molecule has 11 heteroatoms. The lowest BCUT2D eigenvalue weighted by atomic mass is 9.50. The molecule has 2 aliphatic carbocycles. The molecule has 1 saturated heterocycles. The van der Waals surface area contributed by atoms with Crippen LogP contribution >= 0.6 is 0 Å². The number of aliphatic hydroxyl groups is 2. The monoisotopic (exact) mass is 620 g/mol. The summed E-state index contributed by atoms with van der Waals surface area (Å²) >= 11 is 0. The van der Waals surface area contributed by atoms with Crippen molar-refractivity contribution in [1.82, 2.24) is 10.2 Å². The fraction of sp³-hybridized carbons (Fsp3) is 0.500. The van der Waals surface area contributed by atoms with Crippen molar-refractivity contribution < 1.29 is 43.5 Å². The molecular weight excluding hydrogens is 580 g/mol. The first kappa shape index (κ1) is 31.1. The van der Waals surface area contributed by atoms with Gasteiger partial charge in [-0.1, -0.05) is 42.5 Å². The van der Waals surface area contributed by atoms with Crippen LogP contribution in [0, 0.1) is 0 Å². The Bertz CT molecular complexity index is 1530. The summed E-state index contributed by atoms with van der Waals surface area (Å²) in [6, 6.07) is 12.2. The number of amides is 1. The highest BCUT2D eigenvalue weighted by atomic mass is 16.6. The molecule has 240 valence electrons. The predicted molar refractivity (Wildman–Crippen MR) is 161 cm³/mol. The highest BCUT2D eigenvalue weighted by Gasteiger charge is 2.72. The van der Waals surface area contributed by atoms with Crippen LogP contribution in [-0.4, -0.2) is 76.6 Å². The number of likely N-dealkylation sites (tertiary alicyclic amines) is 1. The first-order valence-electron chi connectivity index (χ1n) is 15.4. The fourth-order valence-electron chi connectivity index (χ4n) is 7.45. The Morgan fingerprint density at radius 3 is 2.62 bits per heavy atom. The molecule has 4 aliphatic rings. The average molecular weight is 621 g/mol. The highest BCUT2D eigenvalue weighted by molar-refractivity contribution is 5.82. The number of hydrogen-bond acceptors (Lipinski definition) is 10. The molecule has 2 aromatic carbocycles. The first-order valence-corrected chi connectivity index (χ1v) is 15.4. The van der Waals surface area contributed by atoms with Crippen LogP contribution in [0.3, 0.4) is 0 Å². The molecule has 0 unspecified atom stereocenters. The van der Waals surface area contributed by atoms with Gasteiger partial charge in [0.25, 0.3) is 0 Å². The number of alkyl carbamates (subject to hydrolysis) is 1. The van der Waals surface area contributed by atoms with Crippen LogP contribution < -0.4 is 10.1 Å². The number of piperidine rings is 1. The van der Waals surface area contributed by atoms with E-state index in [1.54, 1.807) is 57.2 Å². The summed E-state index contributed by atoms with van der Waals surface area (Å²) in [5, 5.41) is 25.1. The summed E-state index contributed by atoms with van der Waals surface area (Å²) in [5.74, 6) is -0.752. The van der Waals surface area contributed by atoms with Gasteiger partial charge < -0.3 is 39.4 Å². The van der Waals surface area contributed by atoms with Gasteiger partial charge in [-0.3, -0.25) is 4.79 Å². The van der Waals surface area contributed by atoms with E-state index in [2.05, 4.69) is 10.2 Å². The van der Waals surface area contributed by atoms with E-state index in [4.69, 9.17) is 18.9 Å². The maximum atomic E-state index is 13.8. The first-order chi connectivity index (χ1) is 21.4. The molecule has 0 saturated carbocycles. The van der Waals surface area contributed by atoms with Gasteiger partial charge in [-0.05, 0) is 58.8 Å². The number of carbonyl (C=O) groups excluding carboxylic acids is 3. The smallest absolute Gasteiger partial charge is 0.407 e. The second kappa shape index (κ2) is 11.5. The Labute approximate surface area is 262 Å². The summed E-state index contributed by atoms with van der Waals surface area (Å²) in [4.78, 5) is 40.9. The Balaban J connectivity index is 1.25. The van der Waals surface area contributed by atoms with Crippen LogP contribution in [0.25, 0.3) is 0 Å². The van der Waals surface area contributed by atoms with Crippen molar-refractivity contribution in [1.29, 1.82) is 0 Å². The van der Waals surface area contributed by atoms with Crippen molar-refractivity contribution in [2.24, 2.45) is 0 Å². The van der Waals surface area contributed by atoms with Gasteiger partial charge in [0.15, 0.2) is 6.10 Å².